The summed E-state index contributed by atoms with van der Waals surface area (Å²) in [5.41, 5.74) is 3.26. The molecule has 0 saturated carbocycles. The molecule has 0 aromatic heterocycles. The smallest absolute Gasteiger partial charge is 0.408 e. The van der Waals surface area contributed by atoms with Crippen molar-refractivity contribution in [2.75, 3.05) is 11.9 Å². The second kappa shape index (κ2) is 13.0. The number of rotatable bonds is 9. The number of alkyl carbamates (subject to hydrolysis) is 1. The van der Waals surface area contributed by atoms with Gasteiger partial charge in [0.05, 0.1) is 10.7 Å². The Kier molecular flexibility index (Phi) is 10.6. The van der Waals surface area contributed by atoms with E-state index in [4.69, 9.17) is 16.3 Å². The molecular formula is C29H40ClN3O4. The van der Waals surface area contributed by atoms with Crippen LogP contribution in [-0.4, -0.2) is 41.0 Å². The molecular weight excluding hydrogens is 490 g/mol. The number of carbonyl (C=O) groups excluding carboxylic acids is 3. The molecule has 2 aromatic carbocycles. The Morgan fingerprint density at radius 2 is 1.65 bits per heavy atom. The SMILES string of the molecule is CCCCN(C(=O)C(C)NC(=O)OC(C)(C)C)C(C(=O)Nc1c(C)cccc1Cl)c1cccc(C)c1C. The zero-order chi connectivity index (χ0) is 27.9. The molecule has 202 valence electrons. The van der Waals surface area contributed by atoms with Crippen molar-refractivity contribution < 1.29 is 19.1 Å². The van der Waals surface area contributed by atoms with Crippen LogP contribution >= 0.6 is 11.6 Å². The molecule has 2 N–H and O–H groups in total. The minimum absolute atomic E-state index is 0.336. The standard InChI is InChI=1S/C29H40ClN3O4/c1-9-10-17-33(27(35)21(5)31-28(36)37-29(6,7)8)25(22-15-11-13-18(2)20(22)4)26(34)32-24-19(3)14-12-16-23(24)30/h11-16,21,25H,9-10,17H2,1-8H3,(H,31,36)(H,32,34). The van der Waals surface area contributed by atoms with Crippen molar-refractivity contribution in [1.82, 2.24) is 10.2 Å². The summed E-state index contributed by atoms with van der Waals surface area (Å²) in [6, 6.07) is 9.26. The van der Waals surface area contributed by atoms with Crippen LogP contribution in [0.3, 0.4) is 0 Å². The first-order chi connectivity index (χ1) is 17.3. The Labute approximate surface area is 225 Å². The Morgan fingerprint density at radius 3 is 2.24 bits per heavy atom. The molecule has 0 heterocycles. The van der Waals surface area contributed by atoms with Crippen LogP contribution in [0.4, 0.5) is 10.5 Å². The first-order valence-electron chi connectivity index (χ1n) is 12.7. The number of para-hydroxylation sites is 1. The molecule has 2 atom stereocenters. The summed E-state index contributed by atoms with van der Waals surface area (Å²) < 4.78 is 5.34. The molecule has 7 nitrogen and oxygen atoms in total. The second-order valence-electron chi connectivity index (χ2n) is 10.4. The lowest BCUT2D eigenvalue weighted by molar-refractivity contribution is -0.140. The van der Waals surface area contributed by atoms with E-state index in [1.807, 2.05) is 58.0 Å². The van der Waals surface area contributed by atoms with E-state index < -0.39 is 23.8 Å². The summed E-state index contributed by atoms with van der Waals surface area (Å²) in [7, 11) is 0. The van der Waals surface area contributed by atoms with Crippen molar-refractivity contribution in [3.8, 4) is 0 Å². The molecule has 0 spiro atoms. The highest BCUT2D eigenvalue weighted by molar-refractivity contribution is 6.34. The van der Waals surface area contributed by atoms with Gasteiger partial charge in [0.1, 0.15) is 17.7 Å². The highest BCUT2D eigenvalue weighted by atomic mass is 35.5. The van der Waals surface area contributed by atoms with Gasteiger partial charge >= 0.3 is 6.09 Å². The van der Waals surface area contributed by atoms with Crippen molar-refractivity contribution in [2.45, 2.75) is 85.9 Å². The quantitative estimate of drug-likeness (QED) is 0.389. The highest BCUT2D eigenvalue weighted by Crippen LogP contribution is 2.31. The third-order valence-corrected chi connectivity index (χ3v) is 6.43. The molecule has 0 saturated heterocycles. The van der Waals surface area contributed by atoms with E-state index >= 15 is 0 Å². The molecule has 0 aliphatic heterocycles. The lowest BCUT2D eigenvalue weighted by Gasteiger charge is -2.34. The van der Waals surface area contributed by atoms with Gasteiger partial charge in [0.15, 0.2) is 0 Å². The van der Waals surface area contributed by atoms with Gasteiger partial charge in [-0.3, -0.25) is 9.59 Å². The lowest BCUT2D eigenvalue weighted by Crippen LogP contribution is -2.51. The van der Waals surface area contributed by atoms with Crippen LogP contribution in [0.15, 0.2) is 36.4 Å². The van der Waals surface area contributed by atoms with Gasteiger partial charge in [0.2, 0.25) is 5.91 Å². The molecule has 2 aromatic rings. The van der Waals surface area contributed by atoms with Crippen LogP contribution < -0.4 is 10.6 Å². The maximum absolute atomic E-state index is 13.9. The fourth-order valence-corrected chi connectivity index (χ4v) is 4.26. The first-order valence-corrected chi connectivity index (χ1v) is 13.1. The third kappa shape index (κ3) is 8.22. The summed E-state index contributed by atoms with van der Waals surface area (Å²) in [4.78, 5) is 41.7. The van der Waals surface area contributed by atoms with Gasteiger partial charge in [-0.2, -0.15) is 0 Å². The number of nitrogens with one attached hydrogen (secondary N) is 2. The Balaban J connectivity index is 2.53. The van der Waals surface area contributed by atoms with Gasteiger partial charge in [-0.15, -0.1) is 0 Å². The first kappa shape index (κ1) is 30.2. The van der Waals surface area contributed by atoms with Crippen molar-refractivity contribution in [2.24, 2.45) is 0 Å². The normalized spacial score (nSPS) is 12.9. The molecule has 0 bridgehead atoms. The molecule has 0 radical (unpaired) electrons. The van der Waals surface area contributed by atoms with Crippen LogP contribution in [0.25, 0.3) is 0 Å². The minimum atomic E-state index is -0.933. The van der Waals surface area contributed by atoms with E-state index in [1.165, 1.54) is 0 Å². The minimum Gasteiger partial charge on any atom is -0.444 e. The topological polar surface area (TPSA) is 87.7 Å². The second-order valence-corrected chi connectivity index (χ2v) is 10.8. The van der Waals surface area contributed by atoms with Gasteiger partial charge in [0, 0.05) is 6.54 Å². The highest BCUT2D eigenvalue weighted by Gasteiger charge is 2.35. The fourth-order valence-electron chi connectivity index (χ4n) is 3.99. The number of carbonyl (C=O) groups is 3. The average Bonchev–Trinajstić information content (AvgIpc) is 2.79. The van der Waals surface area contributed by atoms with E-state index in [-0.39, 0.29) is 11.8 Å². The largest absolute Gasteiger partial charge is 0.444 e. The maximum Gasteiger partial charge on any atom is 0.408 e. The van der Waals surface area contributed by atoms with Crippen LogP contribution in [0.5, 0.6) is 0 Å². The average molecular weight is 530 g/mol. The molecule has 8 heteroatoms. The Bertz CT molecular complexity index is 1110. The molecule has 0 aliphatic carbocycles. The lowest BCUT2D eigenvalue weighted by atomic mass is 9.94. The van der Waals surface area contributed by atoms with E-state index in [0.29, 0.717) is 23.7 Å². The maximum atomic E-state index is 13.9. The van der Waals surface area contributed by atoms with E-state index in [2.05, 4.69) is 10.6 Å². The molecule has 0 aliphatic rings. The monoisotopic (exact) mass is 529 g/mol. The van der Waals surface area contributed by atoms with Crippen LogP contribution in [0.1, 0.15) is 75.8 Å². The molecule has 0 fully saturated rings. The zero-order valence-electron chi connectivity index (χ0n) is 23.2. The Morgan fingerprint density at radius 1 is 1.03 bits per heavy atom. The number of ether oxygens (including phenoxy) is 1. The van der Waals surface area contributed by atoms with Crippen molar-refractivity contribution in [3.63, 3.8) is 0 Å². The van der Waals surface area contributed by atoms with E-state index in [9.17, 15) is 14.4 Å². The van der Waals surface area contributed by atoms with E-state index in [0.717, 1.165) is 28.7 Å². The molecule has 2 unspecified atom stereocenters. The number of halogens is 1. The van der Waals surface area contributed by atoms with Crippen LogP contribution in [0.2, 0.25) is 5.02 Å². The molecule has 3 amide bonds. The number of nitrogens with zero attached hydrogens (tertiary/aromatic N) is 1. The number of unbranched alkanes of at least 4 members (excludes halogenated alkanes) is 1. The van der Waals surface area contributed by atoms with Crippen LogP contribution in [-0.2, 0) is 14.3 Å². The molecule has 37 heavy (non-hydrogen) atoms. The predicted molar refractivity (Wildman–Crippen MR) is 149 cm³/mol. The summed E-state index contributed by atoms with van der Waals surface area (Å²) in [6.07, 6.45) is 0.816. The van der Waals surface area contributed by atoms with Gasteiger partial charge in [0.25, 0.3) is 5.91 Å². The summed E-state index contributed by atoms with van der Waals surface area (Å²) in [5.74, 6) is -0.755. The van der Waals surface area contributed by atoms with Crippen LogP contribution in [0, 0.1) is 20.8 Å². The number of anilines is 1. The summed E-state index contributed by atoms with van der Waals surface area (Å²) in [5, 5.41) is 6.01. The molecule has 2 rings (SSSR count). The number of benzene rings is 2. The zero-order valence-corrected chi connectivity index (χ0v) is 24.0. The van der Waals surface area contributed by atoms with Gasteiger partial charge < -0.3 is 20.3 Å². The van der Waals surface area contributed by atoms with Gasteiger partial charge in [-0.05, 0) is 83.2 Å². The van der Waals surface area contributed by atoms with Crippen molar-refractivity contribution >= 4 is 35.2 Å². The third-order valence-electron chi connectivity index (χ3n) is 6.11. The number of aryl methyl sites for hydroxylation is 2. The van der Waals surface area contributed by atoms with Crippen molar-refractivity contribution in [3.05, 3.63) is 63.7 Å². The summed E-state index contributed by atoms with van der Waals surface area (Å²) in [6.45, 7) is 15.0. The van der Waals surface area contributed by atoms with Gasteiger partial charge in [-0.25, -0.2) is 4.79 Å². The Hall–Kier alpha value is -3.06. The van der Waals surface area contributed by atoms with Gasteiger partial charge in [-0.1, -0.05) is 55.3 Å². The summed E-state index contributed by atoms with van der Waals surface area (Å²) >= 11 is 6.41. The number of amides is 3. The van der Waals surface area contributed by atoms with E-state index in [1.54, 1.807) is 38.7 Å². The van der Waals surface area contributed by atoms with Crippen molar-refractivity contribution in [1.29, 1.82) is 0 Å². The number of hydrogen-bond acceptors (Lipinski definition) is 4. The fraction of sp³-hybridized carbons (Fsp3) is 0.483. The number of hydrogen-bond donors (Lipinski definition) is 2. The predicted octanol–water partition coefficient (Wildman–Crippen LogP) is 6.49.